The van der Waals surface area contributed by atoms with E-state index in [0.29, 0.717) is 27.5 Å². The molecule has 0 aliphatic rings. The van der Waals surface area contributed by atoms with Crippen molar-refractivity contribution in [1.82, 2.24) is 5.43 Å². The number of carbonyl (C=O) groups is 2. The van der Waals surface area contributed by atoms with Gasteiger partial charge in [-0.15, -0.1) is 0 Å². The van der Waals surface area contributed by atoms with Crippen molar-refractivity contribution in [3.63, 3.8) is 0 Å². The minimum Gasteiger partial charge on any atom is -0.322 e. The maximum atomic E-state index is 12.3. The molecule has 5 nitrogen and oxygen atoms in total. The van der Waals surface area contributed by atoms with E-state index in [1.165, 1.54) is 0 Å². The van der Waals surface area contributed by atoms with Crippen LogP contribution in [-0.4, -0.2) is 17.5 Å². The van der Waals surface area contributed by atoms with Crippen molar-refractivity contribution in [3.05, 3.63) is 101 Å². The van der Waals surface area contributed by atoms with E-state index in [-0.39, 0.29) is 11.8 Å². The lowest BCUT2D eigenvalue weighted by Gasteiger charge is -2.08. The number of halogens is 1. The second kappa shape index (κ2) is 8.97. The number of hydrogen-bond donors (Lipinski definition) is 2. The normalized spacial score (nSPS) is 11.0. The van der Waals surface area contributed by atoms with E-state index in [4.69, 9.17) is 11.6 Å². The van der Waals surface area contributed by atoms with Crippen LogP contribution in [0.5, 0.6) is 0 Å². The smallest absolute Gasteiger partial charge is 0.271 e. The number of carbonyl (C=O) groups excluding carboxylic acids is 2. The number of nitrogens with zero attached hydrogens (tertiary/aromatic N) is 1. The highest BCUT2D eigenvalue weighted by molar-refractivity contribution is 6.30. The maximum Gasteiger partial charge on any atom is 0.271 e. The van der Waals surface area contributed by atoms with E-state index in [9.17, 15) is 9.59 Å². The van der Waals surface area contributed by atoms with Crippen LogP contribution in [0.25, 0.3) is 0 Å². The molecule has 0 atom stereocenters. The van der Waals surface area contributed by atoms with Crippen LogP contribution in [0.1, 0.15) is 33.2 Å². The van der Waals surface area contributed by atoms with Crippen LogP contribution in [-0.2, 0) is 0 Å². The van der Waals surface area contributed by atoms with E-state index in [0.717, 1.165) is 5.56 Å². The zero-order valence-electron chi connectivity index (χ0n) is 15.1. The topological polar surface area (TPSA) is 70.6 Å². The second-order valence-corrected chi connectivity index (χ2v) is 6.48. The van der Waals surface area contributed by atoms with Crippen molar-refractivity contribution >= 4 is 34.8 Å². The van der Waals surface area contributed by atoms with Crippen LogP contribution >= 0.6 is 11.6 Å². The molecule has 28 heavy (non-hydrogen) atoms. The Balaban J connectivity index is 1.68. The number of amides is 2. The molecule has 2 amide bonds. The molecule has 0 radical (unpaired) electrons. The summed E-state index contributed by atoms with van der Waals surface area (Å²) in [5, 5.41) is 7.56. The third-order valence-corrected chi connectivity index (χ3v) is 4.26. The van der Waals surface area contributed by atoms with Crippen molar-refractivity contribution in [2.75, 3.05) is 5.32 Å². The molecule has 2 N–H and O–H groups in total. The summed E-state index contributed by atoms with van der Waals surface area (Å²) in [5.41, 5.74) is 5.59. The van der Waals surface area contributed by atoms with Gasteiger partial charge in [-0.05, 0) is 61.0 Å². The fourth-order valence-electron chi connectivity index (χ4n) is 2.48. The summed E-state index contributed by atoms with van der Waals surface area (Å²) in [4.78, 5) is 24.4. The van der Waals surface area contributed by atoms with Gasteiger partial charge in [0.1, 0.15) is 0 Å². The van der Waals surface area contributed by atoms with Gasteiger partial charge < -0.3 is 5.32 Å². The summed E-state index contributed by atoms with van der Waals surface area (Å²) >= 11 is 5.82. The molecule has 3 rings (SSSR count). The summed E-state index contributed by atoms with van der Waals surface area (Å²) in [6.45, 7) is 1.78. The van der Waals surface area contributed by atoms with Gasteiger partial charge in [0, 0.05) is 21.8 Å². The minimum atomic E-state index is -0.329. The largest absolute Gasteiger partial charge is 0.322 e. The van der Waals surface area contributed by atoms with Crippen LogP contribution in [0.4, 0.5) is 5.69 Å². The van der Waals surface area contributed by atoms with E-state index in [2.05, 4.69) is 15.8 Å². The first-order chi connectivity index (χ1) is 13.5. The molecule has 3 aromatic rings. The van der Waals surface area contributed by atoms with Crippen molar-refractivity contribution < 1.29 is 9.59 Å². The summed E-state index contributed by atoms with van der Waals surface area (Å²) in [6, 6.07) is 22.8. The summed E-state index contributed by atoms with van der Waals surface area (Å²) in [5.74, 6) is -0.520. The third-order valence-electron chi connectivity index (χ3n) is 4.01. The van der Waals surface area contributed by atoms with Gasteiger partial charge in [0.05, 0.1) is 5.71 Å². The molecule has 140 valence electrons. The van der Waals surface area contributed by atoms with Gasteiger partial charge in [-0.1, -0.05) is 41.9 Å². The number of rotatable bonds is 5. The summed E-state index contributed by atoms with van der Waals surface area (Å²) in [6.07, 6.45) is 0. The van der Waals surface area contributed by atoms with E-state index in [1.807, 2.05) is 30.3 Å². The van der Waals surface area contributed by atoms with Crippen molar-refractivity contribution in [1.29, 1.82) is 0 Å². The first-order valence-electron chi connectivity index (χ1n) is 8.60. The molecule has 0 aromatic heterocycles. The average molecular weight is 392 g/mol. The van der Waals surface area contributed by atoms with Gasteiger partial charge in [0.25, 0.3) is 11.8 Å². The molecule has 0 unspecified atom stereocenters. The summed E-state index contributed by atoms with van der Waals surface area (Å²) < 4.78 is 0. The standard InChI is InChI=1S/C22H18ClN3O2/c1-15(25-26-22(28)17-10-12-19(23)13-11-17)18-8-5-9-20(14-18)24-21(27)16-6-3-2-4-7-16/h2-14H,1H3,(H,24,27)(H,26,28)/b25-15-. The van der Waals surface area contributed by atoms with Crippen molar-refractivity contribution in [2.45, 2.75) is 6.92 Å². The number of hydrogen-bond acceptors (Lipinski definition) is 3. The molecule has 0 spiro atoms. The van der Waals surface area contributed by atoms with Gasteiger partial charge >= 0.3 is 0 Å². The Kier molecular flexibility index (Phi) is 6.19. The van der Waals surface area contributed by atoms with E-state index >= 15 is 0 Å². The van der Waals surface area contributed by atoms with Crippen LogP contribution in [0.2, 0.25) is 5.02 Å². The highest BCUT2D eigenvalue weighted by Crippen LogP contribution is 2.14. The monoisotopic (exact) mass is 391 g/mol. The zero-order chi connectivity index (χ0) is 19.9. The van der Waals surface area contributed by atoms with Crippen LogP contribution < -0.4 is 10.7 Å². The van der Waals surface area contributed by atoms with Crippen LogP contribution in [0.15, 0.2) is 84.0 Å². The Morgan fingerprint density at radius 1 is 0.786 bits per heavy atom. The van der Waals surface area contributed by atoms with Crippen LogP contribution in [0.3, 0.4) is 0 Å². The van der Waals surface area contributed by atoms with Crippen molar-refractivity contribution in [2.24, 2.45) is 5.10 Å². The van der Waals surface area contributed by atoms with Crippen LogP contribution in [0, 0.1) is 0 Å². The molecule has 6 heteroatoms. The quantitative estimate of drug-likeness (QED) is 0.487. The maximum absolute atomic E-state index is 12.3. The molecule has 0 saturated carbocycles. The van der Waals surface area contributed by atoms with E-state index < -0.39 is 0 Å². The SMILES string of the molecule is C/C(=N/NC(=O)c1ccc(Cl)cc1)c1cccc(NC(=O)c2ccccc2)c1. The fraction of sp³-hybridized carbons (Fsp3) is 0.0455. The Morgan fingerprint density at radius 2 is 1.43 bits per heavy atom. The predicted molar refractivity (Wildman–Crippen MR) is 112 cm³/mol. The minimum absolute atomic E-state index is 0.191. The Bertz CT molecular complexity index is 1020. The Hall–Kier alpha value is -3.44. The molecular formula is C22H18ClN3O2. The predicted octanol–water partition coefficient (Wildman–Crippen LogP) is 4.75. The van der Waals surface area contributed by atoms with Gasteiger partial charge in [-0.3, -0.25) is 9.59 Å². The molecule has 0 bridgehead atoms. The zero-order valence-corrected chi connectivity index (χ0v) is 15.9. The van der Waals surface area contributed by atoms with E-state index in [1.54, 1.807) is 55.5 Å². The van der Waals surface area contributed by atoms with Gasteiger partial charge in [0.15, 0.2) is 0 Å². The molecule has 0 aliphatic carbocycles. The first-order valence-corrected chi connectivity index (χ1v) is 8.98. The summed E-state index contributed by atoms with van der Waals surface area (Å²) in [7, 11) is 0. The second-order valence-electron chi connectivity index (χ2n) is 6.05. The lowest BCUT2D eigenvalue weighted by molar-refractivity contribution is 0.0954. The average Bonchev–Trinajstić information content (AvgIpc) is 2.73. The number of nitrogens with one attached hydrogen (secondary N) is 2. The molecular weight excluding hydrogens is 374 g/mol. The number of anilines is 1. The Morgan fingerprint density at radius 3 is 2.14 bits per heavy atom. The van der Waals surface area contributed by atoms with Gasteiger partial charge in [-0.2, -0.15) is 5.10 Å². The molecule has 0 heterocycles. The first kappa shape index (κ1) is 19.3. The third kappa shape index (κ3) is 5.05. The number of benzene rings is 3. The van der Waals surface area contributed by atoms with Gasteiger partial charge in [-0.25, -0.2) is 5.43 Å². The lowest BCUT2D eigenvalue weighted by Crippen LogP contribution is -2.19. The fourth-order valence-corrected chi connectivity index (χ4v) is 2.61. The Labute approximate surface area is 168 Å². The molecule has 0 saturated heterocycles. The lowest BCUT2D eigenvalue weighted by atomic mass is 10.1. The number of hydrazone groups is 1. The molecule has 0 fully saturated rings. The highest BCUT2D eigenvalue weighted by atomic mass is 35.5. The highest BCUT2D eigenvalue weighted by Gasteiger charge is 2.08. The van der Waals surface area contributed by atoms with Gasteiger partial charge in [0.2, 0.25) is 0 Å². The molecule has 3 aromatic carbocycles. The van der Waals surface area contributed by atoms with Crippen molar-refractivity contribution in [3.8, 4) is 0 Å². The molecule has 0 aliphatic heterocycles.